The normalized spacial score (nSPS) is 11.9. The summed E-state index contributed by atoms with van der Waals surface area (Å²) in [5.41, 5.74) is 4.93. The van der Waals surface area contributed by atoms with Crippen LogP contribution in [0.25, 0.3) is 22.2 Å². The van der Waals surface area contributed by atoms with E-state index in [1.54, 1.807) is 4.90 Å². The van der Waals surface area contributed by atoms with Gasteiger partial charge in [0.15, 0.2) is 0 Å². The monoisotopic (exact) mass is 449 g/mol. The summed E-state index contributed by atoms with van der Waals surface area (Å²) in [4.78, 5) is 31.4. The van der Waals surface area contributed by atoms with Crippen LogP contribution >= 0.6 is 0 Å². The summed E-state index contributed by atoms with van der Waals surface area (Å²) in [7, 11) is 0. The number of nitrogens with one attached hydrogen (secondary N) is 1. The first-order valence-corrected chi connectivity index (χ1v) is 11.0. The molecule has 5 aromatic rings. The molecule has 3 aromatic carbocycles. The predicted molar refractivity (Wildman–Crippen MR) is 130 cm³/mol. The third-order valence-electron chi connectivity index (χ3n) is 5.70. The number of carbonyl (C=O) groups is 1. The quantitative estimate of drug-likeness (QED) is 0.387. The number of benzene rings is 3. The molecule has 0 aliphatic rings. The smallest absolute Gasteiger partial charge is 0.275 e. The first kappa shape index (κ1) is 21.5. The minimum Gasteiger partial charge on any atom is -0.395 e. The Kier molecular flexibility index (Phi) is 6.09. The van der Waals surface area contributed by atoms with E-state index in [0.717, 1.165) is 27.7 Å². The first-order chi connectivity index (χ1) is 16.7. The highest BCUT2D eigenvalue weighted by atomic mass is 16.3. The van der Waals surface area contributed by atoms with Gasteiger partial charge in [-0.05, 0) is 28.8 Å². The average molecular weight is 450 g/mol. The van der Waals surface area contributed by atoms with Crippen LogP contribution in [-0.2, 0) is 0 Å². The predicted octanol–water partition coefficient (Wildman–Crippen LogP) is 4.24. The highest BCUT2D eigenvalue weighted by molar-refractivity contribution is 5.92. The van der Waals surface area contributed by atoms with Crippen molar-refractivity contribution in [1.82, 2.24) is 24.8 Å². The number of aliphatic hydroxyl groups excluding tert-OH is 1. The van der Waals surface area contributed by atoms with Crippen molar-refractivity contribution in [3.8, 4) is 11.1 Å². The number of aromatic amines is 1. The lowest BCUT2D eigenvalue weighted by Crippen LogP contribution is -2.38. The Balaban J connectivity index is 1.61. The lowest BCUT2D eigenvalue weighted by molar-refractivity contribution is 0.0653. The number of rotatable bonds is 7. The molecule has 2 N–H and O–H groups in total. The number of hydrogen-bond donors (Lipinski definition) is 2. The molecule has 0 fully saturated rings. The largest absolute Gasteiger partial charge is 0.395 e. The zero-order valence-corrected chi connectivity index (χ0v) is 18.4. The number of imidazole rings is 1. The van der Waals surface area contributed by atoms with Crippen molar-refractivity contribution in [1.29, 1.82) is 0 Å². The second-order valence-corrected chi connectivity index (χ2v) is 7.84. The Morgan fingerprint density at radius 3 is 2.35 bits per heavy atom. The molecule has 0 aliphatic carbocycles. The number of aliphatic hydroxyl groups is 1. The molecule has 0 bridgehead atoms. The van der Waals surface area contributed by atoms with Gasteiger partial charge < -0.3 is 15.0 Å². The molecule has 0 radical (unpaired) electrons. The molecule has 1 atom stereocenters. The van der Waals surface area contributed by atoms with Gasteiger partial charge in [-0.15, -0.1) is 0 Å². The number of hydrogen-bond acceptors (Lipinski definition) is 5. The molecular formula is C27H23N5O2. The van der Waals surface area contributed by atoms with Crippen molar-refractivity contribution in [2.45, 2.75) is 6.04 Å². The second-order valence-electron chi connectivity index (χ2n) is 7.84. The molecule has 34 heavy (non-hydrogen) atoms. The van der Waals surface area contributed by atoms with Crippen LogP contribution in [0.3, 0.4) is 0 Å². The summed E-state index contributed by atoms with van der Waals surface area (Å²) >= 11 is 0. The lowest BCUT2D eigenvalue weighted by atomic mass is 9.99. The molecule has 7 heteroatoms. The number of nitrogens with zero attached hydrogens (tertiary/aromatic N) is 4. The Morgan fingerprint density at radius 2 is 1.65 bits per heavy atom. The van der Waals surface area contributed by atoms with Crippen molar-refractivity contribution in [2.24, 2.45) is 0 Å². The van der Waals surface area contributed by atoms with E-state index in [4.69, 9.17) is 4.98 Å². The fraction of sp³-hybridized carbons (Fsp3) is 0.111. The van der Waals surface area contributed by atoms with Gasteiger partial charge in [0, 0.05) is 18.9 Å². The van der Waals surface area contributed by atoms with Gasteiger partial charge >= 0.3 is 0 Å². The third kappa shape index (κ3) is 4.29. The molecule has 0 aliphatic heterocycles. The number of H-pyrrole nitrogens is 1. The SMILES string of the molecule is O=C(c1cnccn1)N(CCO)C(c1ccc(-c2ccccc2)cc1)c1nc2ccccc2[nH]1. The van der Waals surface area contributed by atoms with Crippen LogP contribution < -0.4 is 0 Å². The van der Waals surface area contributed by atoms with Crippen LogP contribution in [0, 0.1) is 0 Å². The minimum atomic E-state index is -0.557. The van der Waals surface area contributed by atoms with Crippen molar-refractivity contribution >= 4 is 16.9 Å². The summed E-state index contributed by atoms with van der Waals surface area (Å²) in [6.07, 6.45) is 4.43. The van der Waals surface area contributed by atoms with Gasteiger partial charge in [-0.2, -0.15) is 0 Å². The van der Waals surface area contributed by atoms with Gasteiger partial charge in [-0.25, -0.2) is 9.97 Å². The van der Waals surface area contributed by atoms with E-state index in [9.17, 15) is 9.90 Å². The molecule has 1 amide bonds. The highest BCUT2D eigenvalue weighted by Gasteiger charge is 2.30. The van der Waals surface area contributed by atoms with E-state index < -0.39 is 6.04 Å². The van der Waals surface area contributed by atoms with Gasteiger partial charge in [0.05, 0.1) is 23.8 Å². The summed E-state index contributed by atoms with van der Waals surface area (Å²) in [6, 6.07) is 25.3. The molecule has 2 heterocycles. The average Bonchev–Trinajstić information content (AvgIpc) is 3.33. The lowest BCUT2D eigenvalue weighted by Gasteiger charge is -2.30. The first-order valence-electron chi connectivity index (χ1n) is 11.0. The number of fused-ring (bicyclic) bond motifs is 1. The van der Waals surface area contributed by atoms with E-state index in [2.05, 4.69) is 27.1 Å². The Hall–Kier alpha value is -4.36. The van der Waals surface area contributed by atoms with Gasteiger partial charge in [-0.3, -0.25) is 9.78 Å². The van der Waals surface area contributed by atoms with Crippen LogP contribution in [-0.4, -0.2) is 49.0 Å². The molecule has 1 unspecified atom stereocenters. The fourth-order valence-electron chi connectivity index (χ4n) is 4.09. The van der Waals surface area contributed by atoms with Gasteiger partial charge in [0.1, 0.15) is 17.6 Å². The maximum Gasteiger partial charge on any atom is 0.275 e. The Labute approximate surface area is 196 Å². The summed E-state index contributed by atoms with van der Waals surface area (Å²) in [5, 5.41) is 9.85. The number of amides is 1. The molecule has 0 saturated carbocycles. The molecule has 0 saturated heterocycles. The van der Waals surface area contributed by atoms with Crippen molar-refractivity contribution in [3.05, 3.63) is 115 Å². The van der Waals surface area contributed by atoms with Crippen molar-refractivity contribution in [3.63, 3.8) is 0 Å². The highest BCUT2D eigenvalue weighted by Crippen LogP contribution is 2.31. The Morgan fingerprint density at radius 1 is 0.912 bits per heavy atom. The van der Waals surface area contributed by atoms with Gasteiger partial charge in [0.2, 0.25) is 0 Å². The van der Waals surface area contributed by atoms with Crippen LogP contribution in [0.1, 0.15) is 27.9 Å². The van der Waals surface area contributed by atoms with E-state index in [0.29, 0.717) is 5.82 Å². The summed E-state index contributed by atoms with van der Waals surface area (Å²) in [5.74, 6) is 0.277. The van der Waals surface area contributed by atoms with Crippen LogP contribution in [0.2, 0.25) is 0 Å². The maximum atomic E-state index is 13.5. The van der Waals surface area contributed by atoms with Crippen molar-refractivity contribution < 1.29 is 9.90 Å². The van der Waals surface area contributed by atoms with E-state index in [1.807, 2.05) is 66.7 Å². The minimum absolute atomic E-state index is 0.109. The van der Waals surface area contributed by atoms with E-state index in [1.165, 1.54) is 18.6 Å². The van der Waals surface area contributed by atoms with E-state index in [-0.39, 0.29) is 24.8 Å². The molecular weight excluding hydrogens is 426 g/mol. The standard InChI is InChI=1S/C27H23N5O2/c33-17-16-32(27(34)24-18-28-14-15-29-24)25(26-30-22-8-4-5-9-23(22)31-26)21-12-10-20(11-13-21)19-6-2-1-3-7-19/h1-15,18,25,33H,16-17H2,(H,30,31). The molecule has 0 spiro atoms. The number of aromatic nitrogens is 4. The second kappa shape index (κ2) is 9.64. The maximum absolute atomic E-state index is 13.5. The van der Waals surface area contributed by atoms with E-state index >= 15 is 0 Å². The molecule has 2 aromatic heterocycles. The zero-order valence-electron chi connectivity index (χ0n) is 18.4. The third-order valence-corrected chi connectivity index (χ3v) is 5.70. The van der Waals surface area contributed by atoms with Crippen LogP contribution in [0.4, 0.5) is 0 Å². The van der Waals surface area contributed by atoms with Crippen LogP contribution in [0.15, 0.2) is 97.5 Å². The number of carbonyl (C=O) groups excluding carboxylic acids is 1. The fourth-order valence-corrected chi connectivity index (χ4v) is 4.09. The van der Waals surface area contributed by atoms with Gasteiger partial charge in [-0.1, -0.05) is 66.7 Å². The van der Waals surface area contributed by atoms with Crippen molar-refractivity contribution in [2.75, 3.05) is 13.2 Å². The summed E-state index contributed by atoms with van der Waals surface area (Å²) < 4.78 is 0. The summed E-state index contributed by atoms with van der Waals surface area (Å²) in [6.45, 7) is -0.0949. The van der Waals surface area contributed by atoms with Crippen LogP contribution in [0.5, 0.6) is 0 Å². The zero-order chi connectivity index (χ0) is 23.3. The molecule has 5 rings (SSSR count). The number of para-hydroxylation sites is 2. The molecule has 168 valence electrons. The molecule has 7 nitrogen and oxygen atoms in total. The topological polar surface area (TPSA) is 95.0 Å². The Bertz CT molecular complexity index is 1350. The van der Waals surface area contributed by atoms with Gasteiger partial charge in [0.25, 0.3) is 5.91 Å².